The van der Waals surface area contributed by atoms with Crippen molar-refractivity contribution in [2.45, 2.75) is 37.8 Å². The molecular weight excluding hydrogens is 260 g/mol. The first kappa shape index (κ1) is 13.8. The fraction of sp³-hybridized carbons (Fsp3) is 1.00. The molecule has 0 aromatic rings. The molecule has 8 nitrogen and oxygen atoms in total. The van der Waals surface area contributed by atoms with E-state index in [2.05, 4.69) is 0 Å². The third-order valence-electron chi connectivity index (χ3n) is 2.37. The molecule has 1 fully saturated rings. The molecule has 96 valence electrons. The third-order valence-corrected chi connectivity index (χ3v) is 3.57. The largest absolute Gasteiger partial charge is 0.333 e. The van der Waals surface area contributed by atoms with Crippen LogP contribution in [-0.2, 0) is 20.6 Å². The smallest absolute Gasteiger partial charge is 0.273 e. The summed E-state index contributed by atoms with van der Waals surface area (Å²) in [7, 11) is -8.76. The molecule has 0 aromatic heterocycles. The van der Waals surface area contributed by atoms with Crippen LogP contribution >= 0.6 is 0 Å². The summed E-state index contributed by atoms with van der Waals surface area (Å²) >= 11 is 0. The number of rotatable bonds is 4. The van der Waals surface area contributed by atoms with E-state index < -0.39 is 32.7 Å². The van der Waals surface area contributed by atoms with Crippen molar-refractivity contribution in [2.75, 3.05) is 0 Å². The van der Waals surface area contributed by atoms with Crippen molar-refractivity contribution in [1.82, 2.24) is 9.44 Å². The average Bonchev–Trinajstić information content (AvgIpc) is 2.03. The molecule has 0 amide bonds. The minimum absolute atomic E-state index is 0.396. The first-order valence-corrected chi connectivity index (χ1v) is 7.55. The van der Waals surface area contributed by atoms with Crippen molar-refractivity contribution in [3.8, 4) is 0 Å². The Hall–Kier alpha value is -0.260. The Kier molecular flexibility index (Phi) is 4.26. The van der Waals surface area contributed by atoms with E-state index in [1.54, 1.807) is 0 Å². The Bertz CT molecular complexity index is 388. The minimum atomic E-state index is -4.38. The molecule has 1 aliphatic rings. The second-order valence-corrected chi connectivity index (χ2v) is 6.05. The Morgan fingerprint density at radius 3 is 1.38 bits per heavy atom. The lowest BCUT2D eigenvalue weighted by molar-refractivity contribution is 0.321. The normalized spacial score (nSPS) is 27.9. The fourth-order valence-electron chi connectivity index (χ4n) is 1.80. The molecule has 16 heavy (non-hydrogen) atoms. The Balaban J connectivity index is 2.72. The summed E-state index contributed by atoms with van der Waals surface area (Å²) in [5.74, 6) is 0. The molecule has 0 aromatic carbocycles. The van der Waals surface area contributed by atoms with Crippen molar-refractivity contribution >= 4 is 20.6 Å². The topological polar surface area (TPSA) is 133 Å². The zero-order valence-corrected chi connectivity index (χ0v) is 9.96. The molecule has 0 spiro atoms. The van der Waals surface area contributed by atoms with Gasteiger partial charge in [-0.15, -0.1) is 0 Å². The van der Waals surface area contributed by atoms with Crippen LogP contribution in [0, 0.1) is 0 Å². The molecule has 0 aliphatic heterocycles. The molecule has 4 N–H and O–H groups in total. The molecule has 0 heterocycles. The number of hydrogen-bond donors (Lipinski definition) is 4. The van der Waals surface area contributed by atoms with Crippen LogP contribution in [0.3, 0.4) is 0 Å². The first-order valence-electron chi connectivity index (χ1n) is 4.67. The van der Waals surface area contributed by atoms with Crippen molar-refractivity contribution < 1.29 is 25.9 Å². The maximum absolute atomic E-state index is 10.6. The molecule has 0 saturated heterocycles. The molecule has 2 atom stereocenters. The molecular formula is C6H14N2O6S2. The summed E-state index contributed by atoms with van der Waals surface area (Å²) in [6.07, 6.45) is 2.23. The van der Waals surface area contributed by atoms with Crippen molar-refractivity contribution in [3.05, 3.63) is 0 Å². The Morgan fingerprint density at radius 2 is 1.12 bits per heavy atom. The van der Waals surface area contributed by atoms with Crippen molar-refractivity contribution in [1.29, 1.82) is 0 Å². The highest BCUT2D eigenvalue weighted by Crippen LogP contribution is 2.19. The van der Waals surface area contributed by atoms with Crippen LogP contribution in [0.4, 0.5) is 0 Å². The van der Waals surface area contributed by atoms with E-state index in [9.17, 15) is 16.8 Å². The average molecular weight is 274 g/mol. The lowest BCUT2D eigenvalue weighted by Gasteiger charge is -2.30. The Labute approximate surface area is 94.2 Å². The quantitative estimate of drug-likeness (QED) is 0.490. The Morgan fingerprint density at radius 1 is 0.812 bits per heavy atom. The maximum atomic E-state index is 10.6. The van der Waals surface area contributed by atoms with Gasteiger partial charge >= 0.3 is 20.6 Å². The van der Waals surface area contributed by atoms with Crippen LogP contribution in [0.5, 0.6) is 0 Å². The van der Waals surface area contributed by atoms with Crippen LogP contribution in [0.1, 0.15) is 25.7 Å². The highest BCUT2D eigenvalue weighted by Gasteiger charge is 2.30. The van der Waals surface area contributed by atoms with Crippen LogP contribution in [0.2, 0.25) is 0 Å². The molecule has 2 unspecified atom stereocenters. The van der Waals surface area contributed by atoms with E-state index in [1.807, 2.05) is 9.44 Å². The highest BCUT2D eigenvalue weighted by molar-refractivity contribution is 7.84. The van der Waals surface area contributed by atoms with E-state index in [-0.39, 0.29) is 0 Å². The standard InChI is InChI=1S/C6H14N2O6S2/c9-15(10,11)7-5-3-1-2-4-6(5)8-16(12,13)14/h5-8H,1-4H2,(H,9,10,11)(H,12,13,14). The lowest BCUT2D eigenvalue weighted by atomic mass is 9.92. The second kappa shape index (κ2) is 4.94. The van der Waals surface area contributed by atoms with E-state index in [1.165, 1.54) is 0 Å². The maximum Gasteiger partial charge on any atom is 0.333 e. The van der Waals surface area contributed by atoms with Gasteiger partial charge in [0.1, 0.15) is 0 Å². The van der Waals surface area contributed by atoms with Gasteiger partial charge in [-0.3, -0.25) is 9.11 Å². The van der Waals surface area contributed by atoms with E-state index >= 15 is 0 Å². The minimum Gasteiger partial charge on any atom is -0.273 e. The van der Waals surface area contributed by atoms with Crippen LogP contribution in [0.25, 0.3) is 0 Å². The van der Waals surface area contributed by atoms with Gasteiger partial charge in [0.25, 0.3) is 0 Å². The van der Waals surface area contributed by atoms with Gasteiger partial charge < -0.3 is 0 Å². The SMILES string of the molecule is O=S(=O)(O)NC1CCCCC1NS(=O)(=O)O. The summed E-state index contributed by atoms with van der Waals surface area (Å²) < 4.78 is 63.5. The monoisotopic (exact) mass is 274 g/mol. The molecule has 10 heteroatoms. The zero-order chi connectivity index (χ0) is 12.4. The van der Waals surface area contributed by atoms with Gasteiger partial charge in [-0.1, -0.05) is 12.8 Å². The van der Waals surface area contributed by atoms with Crippen LogP contribution in [-0.4, -0.2) is 38.0 Å². The van der Waals surface area contributed by atoms with Crippen molar-refractivity contribution in [3.63, 3.8) is 0 Å². The van der Waals surface area contributed by atoms with E-state index in [4.69, 9.17) is 9.11 Å². The summed E-state index contributed by atoms with van der Waals surface area (Å²) in [6.45, 7) is 0. The second-order valence-electron chi connectivity index (χ2n) is 3.68. The summed E-state index contributed by atoms with van der Waals surface area (Å²) in [4.78, 5) is 0. The van der Waals surface area contributed by atoms with E-state index in [0.29, 0.717) is 12.8 Å². The van der Waals surface area contributed by atoms with Crippen molar-refractivity contribution in [2.24, 2.45) is 0 Å². The fourth-order valence-corrected chi connectivity index (χ4v) is 3.12. The predicted molar refractivity (Wildman–Crippen MR) is 55.4 cm³/mol. The molecule has 0 bridgehead atoms. The van der Waals surface area contributed by atoms with Gasteiger partial charge in [0.15, 0.2) is 0 Å². The van der Waals surface area contributed by atoms with Crippen LogP contribution < -0.4 is 9.44 Å². The van der Waals surface area contributed by atoms with Crippen LogP contribution in [0.15, 0.2) is 0 Å². The molecule has 1 rings (SSSR count). The van der Waals surface area contributed by atoms with Gasteiger partial charge in [0.2, 0.25) is 0 Å². The predicted octanol–water partition coefficient (Wildman–Crippen LogP) is -0.918. The number of hydrogen-bond acceptors (Lipinski definition) is 4. The summed E-state index contributed by atoms with van der Waals surface area (Å²) in [5, 5.41) is 0. The first-order chi connectivity index (χ1) is 7.17. The van der Waals surface area contributed by atoms with Gasteiger partial charge in [-0.25, -0.2) is 0 Å². The van der Waals surface area contributed by atoms with Gasteiger partial charge in [0.05, 0.1) is 0 Å². The van der Waals surface area contributed by atoms with E-state index in [0.717, 1.165) is 12.8 Å². The molecule has 0 radical (unpaired) electrons. The summed E-state index contributed by atoms with van der Waals surface area (Å²) in [6, 6.07) is -1.49. The number of nitrogens with one attached hydrogen (secondary N) is 2. The summed E-state index contributed by atoms with van der Waals surface area (Å²) in [5.41, 5.74) is 0. The molecule has 1 saturated carbocycles. The lowest BCUT2D eigenvalue weighted by Crippen LogP contribution is -2.52. The van der Waals surface area contributed by atoms with Gasteiger partial charge in [0, 0.05) is 12.1 Å². The highest BCUT2D eigenvalue weighted by atomic mass is 32.2. The van der Waals surface area contributed by atoms with Gasteiger partial charge in [-0.2, -0.15) is 26.3 Å². The zero-order valence-electron chi connectivity index (χ0n) is 8.33. The third kappa shape index (κ3) is 5.18. The van der Waals surface area contributed by atoms with Gasteiger partial charge in [-0.05, 0) is 12.8 Å². The molecule has 1 aliphatic carbocycles.